The standard InChI is InChI=1S/C10H23N3O2/c1-10(12-2,9(11)14)8-13(3)6-5-7-15-4/h12H,5-8H2,1-4H3,(H2,11,14). The zero-order valence-corrected chi connectivity index (χ0v) is 10.2. The lowest BCUT2D eigenvalue weighted by atomic mass is 10.0. The average molecular weight is 217 g/mol. The lowest BCUT2D eigenvalue weighted by molar-refractivity contribution is -0.124. The molecule has 0 spiro atoms. The van der Waals surface area contributed by atoms with E-state index in [1.54, 1.807) is 14.2 Å². The molecule has 5 nitrogen and oxygen atoms in total. The molecule has 0 aliphatic carbocycles. The smallest absolute Gasteiger partial charge is 0.238 e. The molecule has 1 atom stereocenters. The maximum absolute atomic E-state index is 11.2. The minimum atomic E-state index is -0.665. The highest BCUT2D eigenvalue weighted by molar-refractivity contribution is 5.84. The molecule has 0 radical (unpaired) electrons. The first-order valence-electron chi connectivity index (χ1n) is 5.12. The van der Waals surface area contributed by atoms with E-state index in [2.05, 4.69) is 10.2 Å². The van der Waals surface area contributed by atoms with Crippen molar-refractivity contribution >= 4 is 5.91 Å². The summed E-state index contributed by atoms with van der Waals surface area (Å²) in [6.45, 7) is 4.03. The molecule has 5 heteroatoms. The first kappa shape index (κ1) is 14.3. The molecule has 0 aliphatic heterocycles. The molecule has 0 saturated heterocycles. The molecule has 3 N–H and O–H groups in total. The van der Waals surface area contributed by atoms with Crippen LogP contribution in [0.1, 0.15) is 13.3 Å². The predicted molar refractivity (Wildman–Crippen MR) is 60.6 cm³/mol. The van der Waals surface area contributed by atoms with E-state index < -0.39 is 5.54 Å². The van der Waals surface area contributed by atoms with Gasteiger partial charge in [0.25, 0.3) is 0 Å². The highest BCUT2D eigenvalue weighted by Crippen LogP contribution is 2.04. The van der Waals surface area contributed by atoms with E-state index in [4.69, 9.17) is 10.5 Å². The molecule has 1 unspecified atom stereocenters. The molecule has 0 rings (SSSR count). The Balaban J connectivity index is 4.01. The molecule has 0 bridgehead atoms. The SMILES string of the molecule is CNC(C)(CN(C)CCCOC)C(N)=O. The summed E-state index contributed by atoms with van der Waals surface area (Å²) in [6.07, 6.45) is 0.950. The van der Waals surface area contributed by atoms with E-state index in [1.165, 1.54) is 0 Å². The Bertz CT molecular complexity index is 199. The van der Waals surface area contributed by atoms with Gasteiger partial charge in [0.15, 0.2) is 0 Å². The van der Waals surface area contributed by atoms with Crippen LogP contribution in [-0.2, 0) is 9.53 Å². The third-order valence-electron chi connectivity index (χ3n) is 2.57. The molecule has 0 aliphatic rings. The van der Waals surface area contributed by atoms with Crippen LogP contribution in [0, 0.1) is 0 Å². The molecule has 0 aromatic rings. The van der Waals surface area contributed by atoms with Crippen molar-refractivity contribution < 1.29 is 9.53 Å². The molecule has 90 valence electrons. The van der Waals surface area contributed by atoms with Crippen LogP contribution < -0.4 is 11.1 Å². The van der Waals surface area contributed by atoms with Gasteiger partial charge in [0.1, 0.15) is 5.54 Å². The number of rotatable bonds is 8. The van der Waals surface area contributed by atoms with E-state index in [-0.39, 0.29) is 5.91 Å². The van der Waals surface area contributed by atoms with Crippen LogP contribution in [-0.4, -0.2) is 57.2 Å². The number of amides is 1. The van der Waals surface area contributed by atoms with E-state index in [0.717, 1.165) is 19.6 Å². The van der Waals surface area contributed by atoms with Crippen LogP contribution in [0.15, 0.2) is 0 Å². The Labute approximate surface area is 91.9 Å². The molecule has 0 aromatic carbocycles. The van der Waals surface area contributed by atoms with Crippen LogP contribution in [0.25, 0.3) is 0 Å². The van der Waals surface area contributed by atoms with Crippen LogP contribution in [0.4, 0.5) is 0 Å². The highest BCUT2D eigenvalue weighted by Gasteiger charge is 2.30. The van der Waals surface area contributed by atoms with Gasteiger partial charge in [-0.05, 0) is 27.4 Å². The van der Waals surface area contributed by atoms with Crippen LogP contribution in [0.2, 0.25) is 0 Å². The number of ether oxygens (including phenoxy) is 1. The second kappa shape index (κ2) is 6.76. The van der Waals surface area contributed by atoms with Crippen molar-refractivity contribution in [3.8, 4) is 0 Å². The van der Waals surface area contributed by atoms with Gasteiger partial charge >= 0.3 is 0 Å². The van der Waals surface area contributed by atoms with Gasteiger partial charge in [-0.3, -0.25) is 4.79 Å². The van der Waals surface area contributed by atoms with Crippen molar-refractivity contribution in [1.29, 1.82) is 0 Å². The first-order chi connectivity index (χ1) is 6.96. The van der Waals surface area contributed by atoms with Gasteiger partial charge in [-0.1, -0.05) is 0 Å². The number of carbonyl (C=O) groups excluding carboxylic acids is 1. The number of nitrogens with zero attached hydrogens (tertiary/aromatic N) is 1. The molecule has 0 heterocycles. The molecule has 0 fully saturated rings. The summed E-state index contributed by atoms with van der Waals surface area (Å²) in [4.78, 5) is 13.3. The van der Waals surface area contributed by atoms with Gasteiger partial charge in [0.2, 0.25) is 5.91 Å². The van der Waals surface area contributed by atoms with Gasteiger partial charge in [-0.2, -0.15) is 0 Å². The summed E-state index contributed by atoms with van der Waals surface area (Å²) in [5.74, 6) is -0.330. The fourth-order valence-electron chi connectivity index (χ4n) is 1.38. The summed E-state index contributed by atoms with van der Waals surface area (Å²) < 4.78 is 4.96. The fraction of sp³-hybridized carbons (Fsp3) is 0.900. The van der Waals surface area contributed by atoms with Crippen molar-refractivity contribution in [3.05, 3.63) is 0 Å². The van der Waals surface area contributed by atoms with Crippen LogP contribution in [0.3, 0.4) is 0 Å². The van der Waals surface area contributed by atoms with Crippen LogP contribution in [0.5, 0.6) is 0 Å². The predicted octanol–water partition coefficient (Wildman–Crippen LogP) is -0.582. The Morgan fingerprint density at radius 1 is 1.60 bits per heavy atom. The molecular formula is C10H23N3O2. The minimum absolute atomic E-state index is 0.330. The van der Waals surface area contributed by atoms with E-state index >= 15 is 0 Å². The number of hydrogen-bond acceptors (Lipinski definition) is 4. The average Bonchev–Trinajstić information content (AvgIpc) is 2.17. The highest BCUT2D eigenvalue weighted by atomic mass is 16.5. The van der Waals surface area contributed by atoms with Gasteiger partial charge in [-0.25, -0.2) is 0 Å². The summed E-state index contributed by atoms with van der Waals surface area (Å²) in [6, 6.07) is 0. The number of nitrogens with two attached hydrogens (primary N) is 1. The molecule has 0 saturated carbocycles. The number of likely N-dealkylation sites (N-methyl/N-ethyl adjacent to an activating group) is 2. The normalized spacial score (nSPS) is 15.3. The van der Waals surface area contributed by atoms with Gasteiger partial charge in [0, 0.05) is 26.8 Å². The third kappa shape index (κ3) is 5.11. The van der Waals surface area contributed by atoms with E-state index in [9.17, 15) is 4.79 Å². The number of hydrogen-bond donors (Lipinski definition) is 2. The summed E-state index contributed by atoms with van der Waals surface area (Å²) in [7, 11) is 5.39. The molecule has 1 amide bonds. The quantitative estimate of drug-likeness (QED) is 0.534. The zero-order chi connectivity index (χ0) is 11.9. The van der Waals surface area contributed by atoms with Crippen molar-refractivity contribution in [1.82, 2.24) is 10.2 Å². The Morgan fingerprint density at radius 2 is 2.20 bits per heavy atom. The number of nitrogens with one attached hydrogen (secondary N) is 1. The fourth-order valence-corrected chi connectivity index (χ4v) is 1.38. The minimum Gasteiger partial charge on any atom is -0.385 e. The Morgan fingerprint density at radius 3 is 2.60 bits per heavy atom. The molecule has 15 heavy (non-hydrogen) atoms. The zero-order valence-electron chi connectivity index (χ0n) is 10.2. The third-order valence-corrected chi connectivity index (χ3v) is 2.57. The maximum atomic E-state index is 11.2. The van der Waals surface area contributed by atoms with Crippen molar-refractivity contribution in [2.75, 3.05) is 40.9 Å². The Hall–Kier alpha value is -0.650. The van der Waals surface area contributed by atoms with Crippen molar-refractivity contribution in [2.24, 2.45) is 5.73 Å². The summed E-state index contributed by atoms with van der Waals surface area (Å²) in [5.41, 5.74) is 4.67. The van der Waals surface area contributed by atoms with Gasteiger partial charge in [-0.15, -0.1) is 0 Å². The van der Waals surface area contributed by atoms with Crippen molar-refractivity contribution in [2.45, 2.75) is 18.9 Å². The molecular weight excluding hydrogens is 194 g/mol. The van der Waals surface area contributed by atoms with E-state index in [1.807, 2.05) is 14.0 Å². The molecule has 0 aromatic heterocycles. The van der Waals surface area contributed by atoms with Crippen molar-refractivity contribution in [3.63, 3.8) is 0 Å². The van der Waals surface area contributed by atoms with Gasteiger partial charge < -0.3 is 20.7 Å². The summed E-state index contributed by atoms with van der Waals surface area (Å²) in [5, 5.41) is 2.95. The first-order valence-corrected chi connectivity index (χ1v) is 5.12. The topological polar surface area (TPSA) is 67.6 Å². The van der Waals surface area contributed by atoms with E-state index in [0.29, 0.717) is 6.54 Å². The lowest BCUT2D eigenvalue weighted by Gasteiger charge is -2.30. The number of methoxy groups -OCH3 is 1. The summed E-state index contributed by atoms with van der Waals surface area (Å²) >= 11 is 0. The Kier molecular flexibility index (Phi) is 6.47. The number of carbonyl (C=O) groups is 1. The van der Waals surface area contributed by atoms with Gasteiger partial charge in [0.05, 0.1) is 0 Å². The largest absolute Gasteiger partial charge is 0.385 e. The monoisotopic (exact) mass is 217 g/mol. The van der Waals surface area contributed by atoms with Crippen LogP contribution >= 0.6 is 0 Å². The second-order valence-corrected chi connectivity index (χ2v) is 4.03. The number of primary amides is 1. The lowest BCUT2D eigenvalue weighted by Crippen LogP contribution is -2.57. The maximum Gasteiger partial charge on any atom is 0.238 e. The second-order valence-electron chi connectivity index (χ2n) is 4.03.